The third-order valence-electron chi connectivity index (χ3n) is 3.52. The Balaban J connectivity index is 1.63. The lowest BCUT2D eigenvalue weighted by molar-refractivity contribution is 0.0947. The highest BCUT2D eigenvalue weighted by Gasteiger charge is 2.12. The zero-order chi connectivity index (χ0) is 16.1. The maximum atomic E-state index is 12.4. The Hall–Kier alpha value is -2.59. The summed E-state index contributed by atoms with van der Waals surface area (Å²) in [5.74, 6) is -0.139. The number of benzene rings is 2. The summed E-state index contributed by atoms with van der Waals surface area (Å²) in [5.41, 5.74) is 2.56. The number of carbonyl (C=O) groups is 1. The van der Waals surface area contributed by atoms with E-state index in [9.17, 15) is 4.79 Å². The monoisotopic (exact) mass is 325 g/mol. The molecule has 0 bridgehead atoms. The first-order chi connectivity index (χ1) is 11.2. The van der Waals surface area contributed by atoms with Crippen LogP contribution in [0.15, 0.2) is 67.1 Å². The van der Waals surface area contributed by atoms with E-state index in [1.54, 1.807) is 17.1 Å². The number of rotatable bonds is 5. The van der Waals surface area contributed by atoms with Crippen molar-refractivity contribution < 1.29 is 4.79 Å². The largest absolute Gasteiger partial charge is 0.350 e. The van der Waals surface area contributed by atoms with E-state index in [2.05, 4.69) is 10.3 Å². The summed E-state index contributed by atoms with van der Waals surface area (Å²) in [4.78, 5) is 16.4. The number of para-hydroxylation sites is 1. The van der Waals surface area contributed by atoms with Gasteiger partial charge in [0.1, 0.15) is 5.69 Å². The van der Waals surface area contributed by atoms with Crippen molar-refractivity contribution in [1.82, 2.24) is 14.9 Å². The van der Waals surface area contributed by atoms with Crippen LogP contribution in [0.25, 0.3) is 5.69 Å². The summed E-state index contributed by atoms with van der Waals surface area (Å²) in [7, 11) is 0. The molecule has 1 heterocycles. The lowest BCUT2D eigenvalue weighted by atomic mass is 10.1. The van der Waals surface area contributed by atoms with Gasteiger partial charge in [-0.1, -0.05) is 41.9 Å². The molecule has 0 spiro atoms. The average Bonchev–Trinajstić information content (AvgIpc) is 3.07. The highest BCUT2D eigenvalue weighted by molar-refractivity contribution is 6.30. The maximum Gasteiger partial charge on any atom is 0.269 e. The molecule has 4 nitrogen and oxygen atoms in total. The van der Waals surface area contributed by atoms with Gasteiger partial charge in [-0.25, -0.2) is 4.98 Å². The molecule has 0 atom stereocenters. The molecule has 3 rings (SSSR count). The van der Waals surface area contributed by atoms with Crippen molar-refractivity contribution in [3.05, 3.63) is 83.4 Å². The fraction of sp³-hybridized carbons (Fsp3) is 0.111. The van der Waals surface area contributed by atoms with Crippen molar-refractivity contribution in [3.63, 3.8) is 0 Å². The van der Waals surface area contributed by atoms with Crippen LogP contribution in [0.5, 0.6) is 0 Å². The number of aromatic nitrogens is 2. The van der Waals surface area contributed by atoms with E-state index in [0.717, 1.165) is 17.7 Å². The topological polar surface area (TPSA) is 46.9 Å². The molecule has 2 aromatic carbocycles. The molecule has 0 saturated carbocycles. The number of amides is 1. The standard InChI is InChI=1S/C18H16ClN3O/c19-15-8-6-14(7-9-15)10-11-21-18(23)17-12-20-13-22(17)16-4-2-1-3-5-16/h1-9,12-13H,10-11H2,(H,21,23). The van der Waals surface area contributed by atoms with Crippen LogP contribution < -0.4 is 5.32 Å². The fourth-order valence-electron chi connectivity index (χ4n) is 2.32. The molecular weight excluding hydrogens is 310 g/mol. The Morgan fingerprint density at radius 2 is 1.83 bits per heavy atom. The van der Waals surface area contributed by atoms with Crippen molar-refractivity contribution in [3.8, 4) is 5.69 Å². The first-order valence-electron chi connectivity index (χ1n) is 7.34. The van der Waals surface area contributed by atoms with E-state index in [1.807, 2.05) is 54.6 Å². The van der Waals surface area contributed by atoms with Gasteiger partial charge >= 0.3 is 0 Å². The van der Waals surface area contributed by atoms with Crippen LogP contribution in [0.2, 0.25) is 5.02 Å². The van der Waals surface area contributed by atoms with Gasteiger partial charge < -0.3 is 5.32 Å². The van der Waals surface area contributed by atoms with Gasteiger partial charge in [0.2, 0.25) is 0 Å². The van der Waals surface area contributed by atoms with Crippen LogP contribution in [0.3, 0.4) is 0 Å². The van der Waals surface area contributed by atoms with E-state index in [4.69, 9.17) is 11.6 Å². The molecule has 23 heavy (non-hydrogen) atoms. The van der Waals surface area contributed by atoms with E-state index in [1.165, 1.54) is 0 Å². The van der Waals surface area contributed by atoms with Gasteiger partial charge in [-0.05, 0) is 36.2 Å². The molecule has 0 radical (unpaired) electrons. The fourth-order valence-corrected chi connectivity index (χ4v) is 2.45. The molecule has 5 heteroatoms. The van der Waals surface area contributed by atoms with Gasteiger partial charge in [0.25, 0.3) is 5.91 Å². The average molecular weight is 326 g/mol. The van der Waals surface area contributed by atoms with Crippen LogP contribution in [0, 0.1) is 0 Å². The minimum Gasteiger partial charge on any atom is -0.350 e. The Kier molecular flexibility index (Phi) is 4.74. The normalized spacial score (nSPS) is 10.5. The van der Waals surface area contributed by atoms with Gasteiger partial charge in [0, 0.05) is 17.3 Å². The predicted octanol–water partition coefficient (Wildman–Crippen LogP) is 3.50. The number of hydrogen-bond donors (Lipinski definition) is 1. The van der Waals surface area contributed by atoms with E-state index in [0.29, 0.717) is 17.3 Å². The van der Waals surface area contributed by atoms with Crippen LogP contribution in [0.1, 0.15) is 16.1 Å². The van der Waals surface area contributed by atoms with Gasteiger partial charge in [0.15, 0.2) is 0 Å². The summed E-state index contributed by atoms with van der Waals surface area (Å²) < 4.78 is 1.78. The number of nitrogens with zero attached hydrogens (tertiary/aromatic N) is 2. The minimum absolute atomic E-state index is 0.139. The third-order valence-corrected chi connectivity index (χ3v) is 3.77. The second-order valence-electron chi connectivity index (χ2n) is 5.12. The Morgan fingerprint density at radius 3 is 2.57 bits per heavy atom. The third kappa shape index (κ3) is 3.79. The lowest BCUT2D eigenvalue weighted by Gasteiger charge is -2.09. The molecule has 3 aromatic rings. The quantitative estimate of drug-likeness (QED) is 0.780. The van der Waals surface area contributed by atoms with E-state index >= 15 is 0 Å². The van der Waals surface area contributed by atoms with Crippen LogP contribution in [-0.4, -0.2) is 22.0 Å². The molecule has 1 amide bonds. The Bertz CT molecular complexity index is 782. The van der Waals surface area contributed by atoms with Gasteiger partial charge in [-0.2, -0.15) is 0 Å². The van der Waals surface area contributed by atoms with Crippen LogP contribution in [-0.2, 0) is 6.42 Å². The predicted molar refractivity (Wildman–Crippen MR) is 91.1 cm³/mol. The summed E-state index contributed by atoms with van der Waals surface area (Å²) in [5, 5.41) is 3.64. The van der Waals surface area contributed by atoms with Gasteiger partial charge in [0.05, 0.1) is 12.5 Å². The lowest BCUT2D eigenvalue weighted by Crippen LogP contribution is -2.27. The number of nitrogens with one attached hydrogen (secondary N) is 1. The van der Waals surface area contributed by atoms with Crippen molar-refractivity contribution in [2.24, 2.45) is 0 Å². The molecule has 116 valence electrons. The molecule has 0 aliphatic rings. The zero-order valence-corrected chi connectivity index (χ0v) is 13.2. The minimum atomic E-state index is -0.139. The van der Waals surface area contributed by atoms with Crippen molar-refractivity contribution in [2.75, 3.05) is 6.54 Å². The molecule has 0 unspecified atom stereocenters. The summed E-state index contributed by atoms with van der Waals surface area (Å²) in [6, 6.07) is 17.3. The molecule has 1 aromatic heterocycles. The number of hydrogen-bond acceptors (Lipinski definition) is 2. The van der Waals surface area contributed by atoms with E-state index < -0.39 is 0 Å². The molecule has 0 saturated heterocycles. The molecule has 0 fully saturated rings. The first kappa shape index (κ1) is 15.3. The highest BCUT2D eigenvalue weighted by Crippen LogP contribution is 2.11. The SMILES string of the molecule is O=C(NCCc1ccc(Cl)cc1)c1cncn1-c1ccccc1. The Morgan fingerprint density at radius 1 is 1.09 bits per heavy atom. The molecular formula is C18H16ClN3O. The number of carbonyl (C=O) groups excluding carboxylic acids is 1. The smallest absolute Gasteiger partial charge is 0.269 e. The summed E-state index contributed by atoms with van der Waals surface area (Å²) in [6.45, 7) is 0.556. The molecule has 0 aliphatic carbocycles. The second-order valence-corrected chi connectivity index (χ2v) is 5.55. The zero-order valence-electron chi connectivity index (χ0n) is 12.4. The summed E-state index contributed by atoms with van der Waals surface area (Å²) >= 11 is 5.86. The van der Waals surface area contributed by atoms with Crippen LogP contribution in [0.4, 0.5) is 0 Å². The number of imidazole rings is 1. The number of halogens is 1. The van der Waals surface area contributed by atoms with Crippen molar-refractivity contribution in [2.45, 2.75) is 6.42 Å². The second kappa shape index (κ2) is 7.11. The van der Waals surface area contributed by atoms with E-state index in [-0.39, 0.29) is 5.91 Å². The van der Waals surface area contributed by atoms with Gasteiger partial charge in [-0.15, -0.1) is 0 Å². The maximum absolute atomic E-state index is 12.4. The highest BCUT2D eigenvalue weighted by atomic mass is 35.5. The van der Waals surface area contributed by atoms with Crippen LogP contribution >= 0.6 is 11.6 Å². The Labute approximate surface area is 139 Å². The molecule has 0 aliphatic heterocycles. The first-order valence-corrected chi connectivity index (χ1v) is 7.72. The van der Waals surface area contributed by atoms with Crippen molar-refractivity contribution >= 4 is 17.5 Å². The molecule has 1 N–H and O–H groups in total. The van der Waals surface area contributed by atoms with Crippen molar-refractivity contribution in [1.29, 1.82) is 0 Å². The van der Waals surface area contributed by atoms with Gasteiger partial charge in [-0.3, -0.25) is 9.36 Å². The summed E-state index contributed by atoms with van der Waals surface area (Å²) in [6.07, 6.45) is 3.97.